The van der Waals surface area contributed by atoms with Crippen molar-refractivity contribution in [3.63, 3.8) is 0 Å². The molecule has 0 spiro atoms. The van der Waals surface area contributed by atoms with Gasteiger partial charge in [0.25, 0.3) is 0 Å². The lowest BCUT2D eigenvalue weighted by Gasteiger charge is -2.23. The largest absolute Gasteiger partial charge is 0.481 e. The van der Waals surface area contributed by atoms with E-state index in [0.717, 1.165) is 22.5 Å². The van der Waals surface area contributed by atoms with E-state index in [9.17, 15) is 17.6 Å². The van der Waals surface area contributed by atoms with Crippen LogP contribution < -0.4 is 0 Å². The van der Waals surface area contributed by atoms with Crippen molar-refractivity contribution in [1.82, 2.24) is 4.31 Å². The van der Waals surface area contributed by atoms with Crippen molar-refractivity contribution >= 4 is 27.6 Å². The summed E-state index contributed by atoms with van der Waals surface area (Å²) in [6.07, 6.45) is 0.862. The SMILES string of the molecule is O=C(O)CC1CCCN1S(=O)(=O)c1ccc(F)c(Cl)c1. The van der Waals surface area contributed by atoms with Gasteiger partial charge < -0.3 is 5.11 Å². The average Bonchev–Trinajstić information content (AvgIpc) is 2.80. The first kappa shape index (κ1) is 15.2. The molecule has 1 aliphatic rings. The second kappa shape index (κ2) is 5.67. The highest BCUT2D eigenvalue weighted by atomic mass is 35.5. The van der Waals surface area contributed by atoms with E-state index in [2.05, 4.69) is 0 Å². The molecule has 0 aliphatic carbocycles. The van der Waals surface area contributed by atoms with Crippen LogP contribution in [0.1, 0.15) is 19.3 Å². The van der Waals surface area contributed by atoms with Crippen LogP contribution in [0.15, 0.2) is 23.1 Å². The second-order valence-corrected chi connectivity index (χ2v) is 6.88. The van der Waals surface area contributed by atoms with E-state index in [0.29, 0.717) is 12.8 Å². The monoisotopic (exact) mass is 321 g/mol. The number of carbonyl (C=O) groups is 1. The van der Waals surface area contributed by atoms with E-state index in [1.807, 2.05) is 0 Å². The van der Waals surface area contributed by atoms with Crippen LogP contribution >= 0.6 is 11.6 Å². The first-order chi connectivity index (χ1) is 9.32. The number of aliphatic carboxylic acids is 1. The van der Waals surface area contributed by atoms with Gasteiger partial charge in [0.1, 0.15) is 5.82 Å². The molecule has 2 rings (SSSR count). The third kappa shape index (κ3) is 2.94. The minimum Gasteiger partial charge on any atom is -0.481 e. The molecule has 20 heavy (non-hydrogen) atoms. The number of carboxylic acids is 1. The molecule has 1 aliphatic heterocycles. The standard InChI is InChI=1S/C12H13ClFNO4S/c13-10-7-9(3-4-11(10)14)20(18,19)15-5-1-2-8(15)6-12(16)17/h3-4,7-8H,1-2,5-6H2,(H,16,17). The summed E-state index contributed by atoms with van der Waals surface area (Å²) < 4.78 is 39.1. The molecule has 1 aromatic rings. The molecule has 1 unspecified atom stereocenters. The fraction of sp³-hybridized carbons (Fsp3) is 0.417. The van der Waals surface area contributed by atoms with E-state index in [1.54, 1.807) is 0 Å². The van der Waals surface area contributed by atoms with E-state index in [4.69, 9.17) is 16.7 Å². The van der Waals surface area contributed by atoms with Crippen LogP contribution in [0.2, 0.25) is 5.02 Å². The number of carboxylic acid groups (broad SMARTS) is 1. The van der Waals surface area contributed by atoms with Gasteiger partial charge in [-0.3, -0.25) is 4.79 Å². The highest BCUT2D eigenvalue weighted by molar-refractivity contribution is 7.89. The van der Waals surface area contributed by atoms with Crippen LogP contribution in [-0.4, -0.2) is 36.4 Å². The fourth-order valence-corrected chi connectivity index (χ4v) is 4.27. The number of halogens is 2. The Hall–Kier alpha value is -1.18. The van der Waals surface area contributed by atoms with Gasteiger partial charge in [-0.15, -0.1) is 0 Å². The maximum atomic E-state index is 13.1. The molecule has 110 valence electrons. The van der Waals surface area contributed by atoms with Crippen LogP contribution in [0.4, 0.5) is 4.39 Å². The van der Waals surface area contributed by atoms with Gasteiger partial charge >= 0.3 is 5.97 Å². The van der Waals surface area contributed by atoms with Gasteiger partial charge in [-0.25, -0.2) is 12.8 Å². The molecule has 8 heteroatoms. The van der Waals surface area contributed by atoms with Crippen molar-refractivity contribution in [1.29, 1.82) is 0 Å². The molecular weight excluding hydrogens is 309 g/mol. The zero-order valence-electron chi connectivity index (χ0n) is 10.4. The number of hydrogen-bond acceptors (Lipinski definition) is 3. The average molecular weight is 322 g/mol. The zero-order chi connectivity index (χ0) is 14.9. The third-order valence-electron chi connectivity index (χ3n) is 3.23. The van der Waals surface area contributed by atoms with Crippen LogP contribution in [0.25, 0.3) is 0 Å². The summed E-state index contributed by atoms with van der Waals surface area (Å²) in [5, 5.41) is 8.54. The van der Waals surface area contributed by atoms with Crippen molar-refractivity contribution in [3.05, 3.63) is 29.0 Å². The van der Waals surface area contributed by atoms with Crippen molar-refractivity contribution in [2.45, 2.75) is 30.2 Å². The molecule has 1 heterocycles. The van der Waals surface area contributed by atoms with E-state index >= 15 is 0 Å². The number of nitrogens with zero attached hydrogens (tertiary/aromatic N) is 1. The Morgan fingerprint density at radius 2 is 2.20 bits per heavy atom. The zero-order valence-corrected chi connectivity index (χ0v) is 12.0. The summed E-state index contributed by atoms with van der Waals surface area (Å²) in [5.74, 6) is -1.75. The Balaban J connectivity index is 2.33. The van der Waals surface area contributed by atoms with Gasteiger partial charge in [-0.1, -0.05) is 11.6 Å². The quantitative estimate of drug-likeness (QED) is 0.921. The Labute approximate surface area is 121 Å². The van der Waals surface area contributed by atoms with Crippen molar-refractivity contribution in [2.24, 2.45) is 0 Å². The topological polar surface area (TPSA) is 74.7 Å². The summed E-state index contributed by atoms with van der Waals surface area (Å²) >= 11 is 5.60. The van der Waals surface area contributed by atoms with Gasteiger partial charge in [0.05, 0.1) is 16.3 Å². The molecule has 0 radical (unpaired) electrons. The molecular formula is C12H13ClFNO4S. The number of benzene rings is 1. The molecule has 5 nitrogen and oxygen atoms in total. The van der Waals surface area contributed by atoms with Gasteiger partial charge in [0.2, 0.25) is 10.0 Å². The van der Waals surface area contributed by atoms with Crippen molar-refractivity contribution in [2.75, 3.05) is 6.54 Å². The Morgan fingerprint density at radius 3 is 2.80 bits per heavy atom. The second-order valence-electron chi connectivity index (χ2n) is 4.59. The van der Waals surface area contributed by atoms with Crippen LogP contribution in [0.5, 0.6) is 0 Å². The fourth-order valence-electron chi connectivity index (χ4n) is 2.30. The van der Waals surface area contributed by atoms with Crippen LogP contribution in [-0.2, 0) is 14.8 Å². The van der Waals surface area contributed by atoms with E-state index in [1.165, 1.54) is 0 Å². The van der Waals surface area contributed by atoms with Crippen molar-refractivity contribution < 1.29 is 22.7 Å². The number of hydrogen-bond donors (Lipinski definition) is 1. The summed E-state index contributed by atoms with van der Waals surface area (Å²) in [4.78, 5) is 10.6. The number of sulfonamides is 1. The van der Waals surface area contributed by atoms with Crippen molar-refractivity contribution in [3.8, 4) is 0 Å². The highest BCUT2D eigenvalue weighted by Gasteiger charge is 2.36. The summed E-state index contributed by atoms with van der Waals surface area (Å²) in [5.41, 5.74) is 0. The van der Waals surface area contributed by atoms with E-state index in [-0.39, 0.29) is 22.9 Å². The first-order valence-corrected chi connectivity index (χ1v) is 7.83. The lowest BCUT2D eigenvalue weighted by Crippen LogP contribution is -2.36. The predicted molar refractivity (Wildman–Crippen MR) is 70.6 cm³/mol. The minimum atomic E-state index is -3.85. The molecule has 0 aromatic heterocycles. The minimum absolute atomic E-state index is 0.124. The molecule has 0 amide bonds. The normalized spacial score (nSPS) is 20.2. The Morgan fingerprint density at radius 1 is 1.50 bits per heavy atom. The maximum absolute atomic E-state index is 13.1. The van der Waals surface area contributed by atoms with Crippen LogP contribution in [0.3, 0.4) is 0 Å². The summed E-state index contributed by atoms with van der Waals surface area (Å²) in [6, 6.07) is 2.59. The molecule has 1 N–H and O–H groups in total. The van der Waals surface area contributed by atoms with Gasteiger partial charge in [0, 0.05) is 12.6 Å². The molecule has 1 fully saturated rings. The highest BCUT2D eigenvalue weighted by Crippen LogP contribution is 2.29. The molecule has 1 saturated heterocycles. The summed E-state index contributed by atoms with van der Waals surface area (Å²) in [6.45, 7) is 0.259. The molecule has 0 bridgehead atoms. The maximum Gasteiger partial charge on any atom is 0.304 e. The lowest BCUT2D eigenvalue weighted by molar-refractivity contribution is -0.137. The lowest BCUT2D eigenvalue weighted by atomic mass is 10.2. The number of rotatable bonds is 4. The molecule has 1 atom stereocenters. The summed E-state index contributed by atoms with van der Waals surface area (Å²) in [7, 11) is -3.85. The Kier molecular flexibility index (Phi) is 4.31. The molecule has 1 aromatic carbocycles. The third-order valence-corrected chi connectivity index (χ3v) is 5.47. The molecule has 0 saturated carbocycles. The van der Waals surface area contributed by atoms with Gasteiger partial charge in [-0.2, -0.15) is 4.31 Å². The Bertz CT molecular complexity index is 634. The van der Waals surface area contributed by atoms with Gasteiger partial charge in [-0.05, 0) is 31.0 Å². The van der Waals surface area contributed by atoms with Crippen LogP contribution in [0, 0.1) is 5.82 Å². The predicted octanol–water partition coefficient (Wildman–Crippen LogP) is 2.11. The smallest absolute Gasteiger partial charge is 0.304 e. The van der Waals surface area contributed by atoms with Gasteiger partial charge in [0.15, 0.2) is 0 Å². The first-order valence-electron chi connectivity index (χ1n) is 6.01. The van der Waals surface area contributed by atoms with E-state index < -0.39 is 27.9 Å².